The summed E-state index contributed by atoms with van der Waals surface area (Å²) < 4.78 is 1.72. The van der Waals surface area contributed by atoms with Gasteiger partial charge < -0.3 is 4.90 Å². The molecule has 5 nitrogen and oxygen atoms in total. The molecule has 0 N–H and O–H groups in total. The summed E-state index contributed by atoms with van der Waals surface area (Å²) >= 11 is 7.42. The monoisotopic (exact) mass is 393 g/mol. The maximum atomic E-state index is 12.9. The van der Waals surface area contributed by atoms with Crippen molar-refractivity contribution < 1.29 is 4.79 Å². The number of benzene rings is 1. The SMILES string of the molecule is CCCCCn1c(SCC(=O)N2CCCC2)nc2cc(Cl)ccc2c1=O. The van der Waals surface area contributed by atoms with Crippen LogP contribution in [0.2, 0.25) is 5.02 Å². The van der Waals surface area contributed by atoms with Crippen LogP contribution in [0.5, 0.6) is 0 Å². The molecule has 1 amide bonds. The Labute approximate surface area is 162 Å². The highest BCUT2D eigenvalue weighted by Crippen LogP contribution is 2.22. The largest absolute Gasteiger partial charge is 0.342 e. The fraction of sp³-hybridized carbons (Fsp3) is 0.526. The number of nitrogens with zero attached hydrogens (tertiary/aromatic N) is 3. The summed E-state index contributed by atoms with van der Waals surface area (Å²) in [6, 6.07) is 5.15. The molecule has 2 aromatic rings. The smallest absolute Gasteiger partial charge is 0.262 e. The summed E-state index contributed by atoms with van der Waals surface area (Å²) in [5.41, 5.74) is 0.532. The molecule has 1 saturated heterocycles. The fourth-order valence-electron chi connectivity index (χ4n) is 3.19. The standard InChI is InChI=1S/C19H24ClN3O2S/c1-2-3-4-11-23-18(25)15-8-7-14(20)12-16(15)21-19(23)26-13-17(24)22-9-5-6-10-22/h7-8,12H,2-6,9-11,13H2,1H3. The quantitative estimate of drug-likeness (QED) is 0.406. The third-order valence-corrected chi connectivity index (χ3v) is 5.85. The maximum Gasteiger partial charge on any atom is 0.262 e. The van der Waals surface area contributed by atoms with E-state index in [4.69, 9.17) is 11.6 Å². The first-order valence-electron chi connectivity index (χ1n) is 9.21. The van der Waals surface area contributed by atoms with Crippen LogP contribution < -0.4 is 5.56 Å². The van der Waals surface area contributed by atoms with E-state index in [1.807, 2.05) is 4.90 Å². The molecule has 0 unspecified atom stereocenters. The van der Waals surface area contributed by atoms with Gasteiger partial charge in [0.05, 0.1) is 16.7 Å². The molecule has 2 heterocycles. The minimum Gasteiger partial charge on any atom is -0.342 e. The molecule has 0 saturated carbocycles. The topological polar surface area (TPSA) is 55.2 Å². The maximum absolute atomic E-state index is 12.9. The van der Waals surface area contributed by atoms with Crippen LogP contribution in [0.3, 0.4) is 0 Å². The molecule has 0 aliphatic carbocycles. The summed E-state index contributed by atoms with van der Waals surface area (Å²) in [5.74, 6) is 0.430. The number of likely N-dealkylation sites (tertiary alicyclic amines) is 1. The number of amides is 1. The van der Waals surface area contributed by atoms with E-state index in [-0.39, 0.29) is 11.5 Å². The van der Waals surface area contributed by atoms with Gasteiger partial charge in [-0.1, -0.05) is 43.1 Å². The Morgan fingerprint density at radius 1 is 1.27 bits per heavy atom. The van der Waals surface area contributed by atoms with Crippen LogP contribution in [0.1, 0.15) is 39.0 Å². The predicted octanol–water partition coefficient (Wildman–Crippen LogP) is 3.95. The van der Waals surface area contributed by atoms with Gasteiger partial charge in [0.25, 0.3) is 5.56 Å². The molecule has 1 aliphatic rings. The van der Waals surface area contributed by atoms with Gasteiger partial charge in [-0.25, -0.2) is 4.98 Å². The van der Waals surface area contributed by atoms with Crippen LogP contribution in [-0.2, 0) is 11.3 Å². The molecule has 1 aromatic heterocycles. The lowest BCUT2D eigenvalue weighted by Gasteiger charge is -2.16. The molecule has 0 radical (unpaired) electrons. The number of fused-ring (bicyclic) bond motifs is 1. The van der Waals surface area contributed by atoms with Crippen molar-refractivity contribution in [1.82, 2.24) is 14.5 Å². The number of carbonyl (C=O) groups is 1. The Balaban J connectivity index is 1.88. The normalized spacial score (nSPS) is 14.3. The lowest BCUT2D eigenvalue weighted by molar-refractivity contribution is -0.127. The number of hydrogen-bond acceptors (Lipinski definition) is 4. The molecule has 26 heavy (non-hydrogen) atoms. The Hall–Kier alpha value is -1.53. The zero-order valence-corrected chi connectivity index (χ0v) is 16.6. The summed E-state index contributed by atoms with van der Waals surface area (Å²) in [6.07, 6.45) is 5.21. The van der Waals surface area contributed by atoms with Crippen LogP contribution in [0.15, 0.2) is 28.2 Å². The number of rotatable bonds is 7. The van der Waals surface area contributed by atoms with E-state index in [2.05, 4.69) is 11.9 Å². The molecule has 0 bridgehead atoms. The third-order valence-electron chi connectivity index (χ3n) is 4.65. The Morgan fingerprint density at radius 3 is 2.77 bits per heavy atom. The van der Waals surface area contributed by atoms with Crippen molar-refractivity contribution >= 4 is 40.2 Å². The third kappa shape index (κ3) is 4.41. The van der Waals surface area contributed by atoms with Crippen molar-refractivity contribution in [3.8, 4) is 0 Å². The molecule has 140 valence electrons. The first-order valence-corrected chi connectivity index (χ1v) is 10.6. The minimum absolute atomic E-state index is 0.0566. The van der Waals surface area contributed by atoms with Crippen molar-refractivity contribution in [2.75, 3.05) is 18.8 Å². The van der Waals surface area contributed by atoms with Gasteiger partial charge in [-0.15, -0.1) is 0 Å². The fourth-order valence-corrected chi connectivity index (χ4v) is 4.28. The summed E-state index contributed by atoms with van der Waals surface area (Å²) in [6.45, 7) is 4.43. The average molecular weight is 394 g/mol. The van der Waals surface area contributed by atoms with Crippen molar-refractivity contribution in [2.45, 2.75) is 50.7 Å². The number of unbranched alkanes of at least 4 members (excludes halogenated alkanes) is 2. The number of thioether (sulfide) groups is 1. The van der Waals surface area contributed by atoms with Gasteiger partial charge >= 0.3 is 0 Å². The first-order chi connectivity index (χ1) is 12.6. The van der Waals surface area contributed by atoms with Crippen LogP contribution in [0.25, 0.3) is 10.9 Å². The molecule has 1 aliphatic heterocycles. The zero-order valence-electron chi connectivity index (χ0n) is 15.0. The number of hydrogen-bond donors (Lipinski definition) is 0. The van der Waals surface area contributed by atoms with Gasteiger partial charge in [-0.2, -0.15) is 0 Å². The van der Waals surface area contributed by atoms with Crippen LogP contribution in [-0.4, -0.2) is 39.2 Å². The second-order valence-electron chi connectivity index (χ2n) is 6.60. The molecular formula is C19H24ClN3O2S. The van der Waals surface area contributed by atoms with Crippen LogP contribution >= 0.6 is 23.4 Å². The summed E-state index contributed by atoms with van der Waals surface area (Å²) in [4.78, 5) is 31.8. The molecule has 1 aromatic carbocycles. The lowest BCUT2D eigenvalue weighted by Crippen LogP contribution is -2.30. The Bertz CT molecular complexity index is 847. The van der Waals surface area contributed by atoms with Gasteiger partial charge in [-0.3, -0.25) is 14.2 Å². The van der Waals surface area contributed by atoms with Gasteiger partial charge in [0.15, 0.2) is 5.16 Å². The molecule has 3 rings (SSSR count). The molecular weight excluding hydrogens is 370 g/mol. The first kappa shape index (κ1) is 19.2. The second kappa shape index (κ2) is 8.91. The number of halogens is 1. The van der Waals surface area contributed by atoms with Crippen molar-refractivity contribution in [3.05, 3.63) is 33.6 Å². The van der Waals surface area contributed by atoms with Gasteiger partial charge in [0, 0.05) is 24.7 Å². The van der Waals surface area contributed by atoms with E-state index in [1.165, 1.54) is 11.8 Å². The highest BCUT2D eigenvalue weighted by molar-refractivity contribution is 7.99. The van der Waals surface area contributed by atoms with E-state index < -0.39 is 0 Å². The molecule has 0 atom stereocenters. The van der Waals surface area contributed by atoms with E-state index in [1.54, 1.807) is 22.8 Å². The molecule has 7 heteroatoms. The van der Waals surface area contributed by atoms with Crippen molar-refractivity contribution in [2.24, 2.45) is 0 Å². The highest BCUT2D eigenvalue weighted by Gasteiger charge is 2.19. The predicted molar refractivity (Wildman–Crippen MR) is 107 cm³/mol. The van der Waals surface area contributed by atoms with Crippen molar-refractivity contribution in [1.29, 1.82) is 0 Å². The minimum atomic E-state index is -0.0566. The Kier molecular flexibility index (Phi) is 6.59. The van der Waals surface area contributed by atoms with E-state index in [0.717, 1.165) is 45.2 Å². The second-order valence-corrected chi connectivity index (χ2v) is 7.98. The molecule has 0 spiro atoms. The van der Waals surface area contributed by atoms with Crippen LogP contribution in [0, 0.1) is 0 Å². The Morgan fingerprint density at radius 2 is 2.04 bits per heavy atom. The number of carbonyl (C=O) groups excluding carboxylic acids is 1. The average Bonchev–Trinajstić information content (AvgIpc) is 3.16. The molecule has 1 fully saturated rings. The van der Waals surface area contributed by atoms with E-state index in [9.17, 15) is 9.59 Å². The van der Waals surface area contributed by atoms with Crippen LogP contribution in [0.4, 0.5) is 0 Å². The van der Waals surface area contributed by atoms with Gasteiger partial charge in [-0.05, 0) is 37.5 Å². The van der Waals surface area contributed by atoms with Gasteiger partial charge in [0.2, 0.25) is 5.91 Å². The zero-order chi connectivity index (χ0) is 18.5. The summed E-state index contributed by atoms with van der Waals surface area (Å²) in [5, 5.41) is 1.73. The van der Waals surface area contributed by atoms with Gasteiger partial charge in [0.1, 0.15) is 0 Å². The lowest BCUT2D eigenvalue weighted by atomic mass is 10.2. The highest BCUT2D eigenvalue weighted by atomic mass is 35.5. The van der Waals surface area contributed by atoms with Crippen molar-refractivity contribution in [3.63, 3.8) is 0 Å². The van der Waals surface area contributed by atoms with E-state index in [0.29, 0.717) is 33.4 Å². The number of aromatic nitrogens is 2. The van der Waals surface area contributed by atoms with E-state index >= 15 is 0 Å². The summed E-state index contributed by atoms with van der Waals surface area (Å²) in [7, 11) is 0.